The number of ether oxygens (including phenoxy) is 3. The third kappa shape index (κ3) is 51.1. The molecular weight excluding hydrogens is 817 g/mol. The van der Waals surface area contributed by atoms with E-state index >= 15 is 0 Å². The molecule has 66 heavy (non-hydrogen) atoms. The van der Waals surface area contributed by atoms with Gasteiger partial charge in [-0.1, -0.05) is 214 Å². The minimum atomic E-state index is -0.842. The summed E-state index contributed by atoms with van der Waals surface area (Å²) in [6.45, 7) is 6.37. The Hall–Kier alpha value is -3.93. The zero-order valence-electron chi connectivity index (χ0n) is 42.7. The van der Waals surface area contributed by atoms with Crippen LogP contribution in [0.2, 0.25) is 0 Å². The van der Waals surface area contributed by atoms with Crippen LogP contribution in [0.5, 0.6) is 0 Å². The minimum Gasteiger partial charge on any atom is -0.462 e. The highest BCUT2D eigenvalue weighted by molar-refractivity contribution is 5.72. The van der Waals surface area contributed by atoms with Crippen molar-refractivity contribution in [3.8, 4) is 0 Å². The van der Waals surface area contributed by atoms with Crippen molar-refractivity contribution in [2.24, 2.45) is 0 Å². The Labute approximate surface area is 406 Å². The van der Waals surface area contributed by atoms with Crippen LogP contribution in [0, 0.1) is 0 Å². The molecule has 0 aromatic rings. The molecule has 0 amide bonds. The molecule has 0 saturated carbocycles. The first kappa shape index (κ1) is 62.1. The Bertz CT molecular complexity index is 1370. The van der Waals surface area contributed by atoms with Gasteiger partial charge in [0, 0.05) is 12.8 Å². The van der Waals surface area contributed by atoms with Crippen LogP contribution in [0.4, 0.5) is 0 Å². The van der Waals surface area contributed by atoms with E-state index in [9.17, 15) is 14.4 Å². The normalized spacial score (nSPS) is 13.0. The van der Waals surface area contributed by atoms with Gasteiger partial charge in [0.25, 0.3) is 0 Å². The Morgan fingerprint density at radius 3 is 1.05 bits per heavy atom. The van der Waals surface area contributed by atoms with Gasteiger partial charge >= 0.3 is 17.9 Å². The van der Waals surface area contributed by atoms with E-state index in [2.05, 4.69) is 118 Å². The van der Waals surface area contributed by atoms with Gasteiger partial charge in [-0.25, -0.2) is 0 Å². The van der Waals surface area contributed by atoms with Gasteiger partial charge < -0.3 is 14.2 Å². The number of carbonyl (C=O) groups excluding carboxylic acids is 3. The summed E-state index contributed by atoms with van der Waals surface area (Å²) in [6.07, 6.45) is 72.4. The SMILES string of the molecule is CC/C=C\C/C=C\C/C=C\C/C=C\C/C=C\CC(=O)OC(COC(=O)CCCCCCC/C=C\CCCCC)COC(=O)CCCCCCCC/C=C\C/C=C\C/C=C\CCCCCCC. The summed E-state index contributed by atoms with van der Waals surface area (Å²) in [5.41, 5.74) is 0. The van der Waals surface area contributed by atoms with Gasteiger partial charge in [0.2, 0.25) is 0 Å². The number of rotatable bonds is 47. The molecule has 6 nitrogen and oxygen atoms in total. The van der Waals surface area contributed by atoms with Crippen LogP contribution in [0.25, 0.3) is 0 Å². The third-order valence-corrected chi connectivity index (χ3v) is 11.0. The number of esters is 3. The molecule has 0 fully saturated rings. The lowest BCUT2D eigenvalue weighted by molar-refractivity contribution is -0.166. The molecular formula is C60H98O6. The first-order chi connectivity index (χ1) is 32.5. The molecule has 0 radical (unpaired) electrons. The summed E-state index contributed by atoms with van der Waals surface area (Å²) in [7, 11) is 0. The van der Waals surface area contributed by atoms with Crippen LogP contribution in [-0.4, -0.2) is 37.2 Å². The van der Waals surface area contributed by atoms with E-state index in [1.807, 2.05) is 6.08 Å². The lowest BCUT2D eigenvalue weighted by atomic mass is 10.1. The predicted molar refractivity (Wildman–Crippen MR) is 283 cm³/mol. The summed E-state index contributed by atoms with van der Waals surface area (Å²) in [6, 6.07) is 0. The molecule has 0 N–H and O–H groups in total. The van der Waals surface area contributed by atoms with Crippen LogP contribution in [0.15, 0.2) is 109 Å². The van der Waals surface area contributed by atoms with Crippen molar-refractivity contribution in [3.63, 3.8) is 0 Å². The van der Waals surface area contributed by atoms with Crippen molar-refractivity contribution in [2.45, 2.75) is 239 Å². The maximum atomic E-state index is 12.7. The number of unbranched alkanes of at least 4 members (excludes halogenated alkanes) is 19. The molecule has 0 aliphatic heterocycles. The molecule has 6 heteroatoms. The summed E-state index contributed by atoms with van der Waals surface area (Å²) in [5.74, 6) is -1.08. The molecule has 0 aliphatic carbocycles. The molecule has 374 valence electrons. The van der Waals surface area contributed by atoms with Crippen molar-refractivity contribution in [2.75, 3.05) is 13.2 Å². The summed E-state index contributed by atoms with van der Waals surface area (Å²) >= 11 is 0. The smallest absolute Gasteiger partial charge is 0.310 e. The van der Waals surface area contributed by atoms with E-state index in [-0.39, 0.29) is 31.6 Å². The predicted octanol–water partition coefficient (Wildman–Crippen LogP) is 17.9. The van der Waals surface area contributed by atoms with E-state index in [1.165, 1.54) is 83.5 Å². The van der Waals surface area contributed by atoms with Crippen LogP contribution in [-0.2, 0) is 28.6 Å². The summed E-state index contributed by atoms with van der Waals surface area (Å²) in [5, 5.41) is 0. The van der Waals surface area contributed by atoms with Crippen LogP contribution < -0.4 is 0 Å². The maximum absolute atomic E-state index is 12.7. The van der Waals surface area contributed by atoms with Gasteiger partial charge in [0.05, 0.1) is 6.42 Å². The number of carbonyl (C=O) groups is 3. The molecule has 0 rings (SSSR count). The molecule has 0 aromatic carbocycles. The van der Waals surface area contributed by atoms with Crippen LogP contribution in [0.1, 0.15) is 233 Å². The maximum Gasteiger partial charge on any atom is 0.310 e. The monoisotopic (exact) mass is 915 g/mol. The van der Waals surface area contributed by atoms with Gasteiger partial charge in [-0.15, -0.1) is 0 Å². The zero-order chi connectivity index (χ0) is 47.9. The average molecular weight is 915 g/mol. The quantitative estimate of drug-likeness (QED) is 0.0262. The van der Waals surface area contributed by atoms with Gasteiger partial charge in [0.1, 0.15) is 13.2 Å². The van der Waals surface area contributed by atoms with E-state index in [0.29, 0.717) is 19.3 Å². The van der Waals surface area contributed by atoms with Gasteiger partial charge in [-0.3, -0.25) is 14.4 Å². The van der Waals surface area contributed by atoms with Crippen molar-refractivity contribution in [3.05, 3.63) is 109 Å². The molecule has 0 spiro atoms. The number of allylic oxidation sites excluding steroid dienone is 17. The lowest BCUT2D eigenvalue weighted by Crippen LogP contribution is -2.30. The van der Waals surface area contributed by atoms with Crippen molar-refractivity contribution in [1.82, 2.24) is 0 Å². The lowest BCUT2D eigenvalue weighted by Gasteiger charge is -2.18. The molecule has 1 unspecified atom stereocenters. The molecule has 1 atom stereocenters. The molecule has 0 aromatic heterocycles. The van der Waals surface area contributed by atoms with Gasteiger partial charge in [0.15, 0.2) is 6.10 Å². The first-order valence-corrected chi connectivity index (χ1v) is 26.9. The molecule has 0 heterocycles. The fourth-order valence-corrected chi connectivity index (χ4v) is 6.99. The molecule has 0 aliphatic rings. The highest BCUT2D eigenvalue weighted by Crippen LogP contribution is 2.13. The van der Waals surface area contributed by atoms with Crippen LogP contribution in [0.3, 0.4) is 0 Å². The second kappa shape index (κ2) is 53.7. The number of hydrogen-bond acceptors (Lipinski definition) is 6. The van der Waals surface area contributed by atoms with E-state index in [0.717, 1.165) is 103 Å². The minimum absolute atomic E-state index is 0.0889. The fourth-order valence-electron chi connectivity index (χ4n) is 6.99. The van der Waals surface area contributed by atoms with Gasteiger partial charge in [-0.2, -0.15) is 0 Å². The standard InChI is InChI=1S/C60H98O6/c1-4-7-10-13-16-19-22-25-27-28-29-30-31-32-34-35-38-41-44-47-50-53-59(62)65-56-57(55-64-58(61)52-49-46-43-40-37-24-21-18-15-12-9-6-3)66-60(63)54-51-48-45-42-39-36-33-26-23-20-17-14-11-8-5-2/h8,11,17-18,20-22,25-26,28-29,31-33,39,42,48,51,57H,4-7,9-10,12-16,19,23-24,27,30,34-38,40-41,43-47,49-50,52-56H2,1-3H3/b11-8-,20-17-,21-18-,25-22-,29-28-,32-31-,33-26-,42-39-,51-48-. The van der Waals surface area contributed by atoms with Gasteiger partial charge in [-0.05, 0) is 109 Å². The highest BCUT2D eigenvalue weighted by atomic mass is 16.6. The van der Waals surface area contributed by atoms with E-state index in [1.54, 1.807) is 6.08 Å². The zero-order valence-corrected chi connectivity index (χ0v) is 42.7. The Kier molecular flexibility index (Phi) is 50.5. The Balaban J connectivity index is 4.50. The number of hydrogen-bond donors (Lipinski definition) is 0. The fraction of sp³-hybridized carbons (Fsp3) is 0.650. The third-order valence-electron chi connectivity index (χ3n) is 11.0. The van der Waals surface area contributed by atoms with E-state index < -0.39 is 12.1 Å². The Morgan fingerprint density at radius 2 is 0.636 bits per heavy atom. The second-order valence-corrected chi connectivity index (χ2v) is 17.4. The molecule has 0 bridgehead atoms. The van der Waals surface area contributed by atoms with Crippen molar-refractivity contribution in [1.29, 1.82) is 0 Å². The van der Waals surface area contributed by atoms with Crippen LogP contribution >= 0.6 is 0 Å². The largest absolute Gasteiger partial charge is 0.462 e. The second-order valence-electron chi connectivity index (χ2n) is 17.4. The average Bonchev–Trinajstić information content (AvgIpc) is 3.31. The topological polar surface area (TPSA) is 78.9 Å². The van der Waals surface area contributed by atoms with Crippen molar-refractivity contribution < 1.29 is 28.6 Å². The summed E-state index contributed by atoms with van der Waals surface area (Å²) < 4.78 is 16.7. The van der Waals surface area contributed by atoms with Crippen molar-refractivity contribution >= 4 is 17.9 Å². The molecule has 0 saturated heterocycles. The Morgan fingerprint density at radius 1 is 0.333 bits per heavy atom. The summed E-state index contributed by atoms with van der Waals surface area (Å²) in [4.78, 5) is 37.9. The highest BCUT2D eigenvalue weighted by Gasteiger charge is 2.19. The van der Waals surface area contributed by atoms with E-state index in [4.69, 9.17) is 14.2 Å². The first-order valence-electron chi connectivity index (χ1n) is 26.9.